The Kier molecular flexibility index (Phi) is 5.82. The Bertz CT molecular complexity index is 554. The topological polar surface area (TPSA) is 25.2 Å². The lowest BCUT2D eigenvalue weighted by atomic mass is 10.1. The average molecular weight is 311 g/mol. The normalized spacial score (nSPS) is 12.8. The van der Waals surface area contributed by atoms with Crippen molar-refractivity contribution in [2.75, 3.05) is 0 Å². The molecule has 2 rings (SSSR count). The number of aryl methyl sites for hydroxylation is 1. The highest BCUT2D eigenvalue weighted by molar-refractivity contribution is 7.98. The highest BCUT2D eigenvalue weighted by atomic mass is 32.2. The van der Waals surface area contributed by atoms with E-state index in [1.165, 1.54) is 11.1 Å². The molecule has 1 atom stereocenters. The monoisotopic (exact) mass is 311 g/mol. The number of rotatable bonds is 7. The number of halogens is 2. The zero-order valence-electron chi connectivity index (χ0n) is 12.1. The number of benzene rings is 1. The molecule has 0 aliphatic rings. The first-order chi connectivity index (χ1) is 10.0. The van der Waals surface area contributed by atoms with E-state index in [-0.39, 0.29) is 11.8 Å². The van der Waals surface area contributed by atoms with E-state index < -0.39 is 5.76 Å². The van der Waals surface area contributed by atoms with E-state index in [1.807, 2.05) is 6.07 Å². The first-order valence-electron chi connectivity index (χ1n) is 6.82. The third-order valence-corrected chi connectivity index (χ3v) is 3.93. The highest BCUT2D eigenvalue weighted by Gasteiger charge is 2.09. The van der Waals surface area contributed by atoms with Crippen LogP contribution in [0.3, 0.4) is 0 Å². The van der Waals surface area contributed by atoms with Crippen LogP contribution in [-0.4, -0.2) is 5.76 Å². The van der Waals surface area contributed by atoms with Gasteiger partial charge in [0.1, 0.15) is 11.5 Å². The van der Waals surface area contributed by atoms with E-state index in [4.69, 9.17) is 4.42 Å². The quantitative estimate of drug-likeness (QED) is 0.787. The van der Waals surface area contributed by atoms with E-state index in [9.17, 15) is 8.78 Å². The highest BCUT2D eigenvalue weighted by Crippen LogP contribution is 2.21. The van der Waals surface area contributed by atoms with E-state index in [1.54, 1.807) is 6.07 Å². The Hall–Kier alpha value is -1.33. The van der Waals surface area contributed by atoms with Crippen LogP contribution < -0.4 is 5.32 Å². The summed E-state index contributed by atoms with van der Waals surface area (Å²) in [6.07, 6.45) is 0. The lowest BCUT2D eigenvalue weighted by molar-refractivity contribution is 0.251. The molecule has 0 unspecified atom stereocenters. The first kappa shape index (κ1) is 16.0. The van der Waals surface area contributed by atoms with Crippen LogP contribution in [0.5, 0.6) is 0 Å². The molecule has 1 aromatic carbocycles. The second kappa shape index (κ2) is 7.61. The van der Waals surface area contributed by atoms with Crippen molar-refractivity contribution in [3.63, 3.8) is 0 Å². The summed E-state index contributed by atoms with van der Waals surface area (Å²) in [5, 5.41) is 3.36. The molecule has 5 heteroatoms. The predicted molar refractivity (Wildman–Crippen MR) is 82.4 cm³/mol. The molecule has 0 aliphatic carbocycles. The van der Waals surface area contributed by atoms with E-state index in [0.717, 1.165) is 5.76 Å². The standard InChI is InChI=1S/C16H19F2NOS/c1-11-3-5-13(6-4-11)12(2)19-9-14-7-8-15(20-14)10-21-16(17)18/h3-8,12,16,19H,9-10H2,1-2H3/t12-/m1/s1. The molecular weight excluding hydrogens is 292 g/mol. The fraction of sp³-hybridized carbons (Fsp3) is 0.375. The van der Waals surface area contributed by atoms with Gasteiger partial charge in [0.2, 0.25) is 0 Å². The molecule has 0 saturated carbocycles. The van der Waals surface area contributed by atoms with Gasteiger partial charge in [-0.3, -0.25) is 0 Å². The van der Waals surface area contributed by atoms with Crippen molar-refractivity contribution in [1.29, 1.82) is 0 Å². The summed E-state index contributed by atoms with van der Waals surface area (Å²) in [5.74, 6) is -0.817. The van der Waals surface area contributed by atoms with Crippen molar-refractivity contribution < 1.29 is 13.2 Å². The van der Waals surface area contributed by atoms with Gasteiger partial charge in [-0.2, -0.15) is 8.78 Å². The van der Waals surface area contributed by atoms with Crippen LogP contribution in [0.4, 0.5) is 8.78 Å². The van der Waals surface area contributed by atoms with Crippen molar-refractivity contribution in [2.24, 2.45) is 0 Å². The number of furan rings is 1. The molecular formula is C16H19F2NOS. The molecule has 21 heavy (non-hydrogen) atoms. The number of nitrogens with one attached hydrogen (secondary N) is 1. The predicted octanol–water partition coefficient (Wildman–Crippen LogP) is 4.89. The number of hydrogen-bond donors (Lipinski definition) is 1. The van der Waals surface area contributed by atoms with Crippen LogP contribution >= 0.6 is 11.8 Å². The van der Waals surface area contributed by atoms with Gasteiger partial charge in [0, 0.05) is 6.04 Å². The summed E-state index contributed by atoms with van der Waals surface area (Å²) < 4.78 is 29.7. The Morgan fingerprint density at radius 1 is 1.10 bits per heavy atom. The summed E-state index contributed by atoms with van der Waals surface area (Å²) in [6.45, 7) is 4.72. The number of hydrogen-bond acceptors (Lipinski definition) is 3. The second-order valence-electron chi connectivity index (χ2n) is 4.95. The van der Waals surface area contributed by atoms with Gasteiger partial charge >= 0.3 is 0 Å². The lowest BCUT2D eigenvalue weighted by Crippen LogP contribution is -2.17. The zero-order valence-corrected chi connectivity index (χ0v) is 12.9. The van der Waals surface area contributed by atoms with Crippen molar-refractivity contribution in [3.8, 4) is 0 Å². The van der Waals surface area contributed by atoms with Crippen LogP contribution in [-0.2, 0) is 12.3 Å². The zero-order chi connectivity index (χ0) is 15.2. The smallest absolute Gasteiger partial charge is 0.284 e. The maximum Gasteiger partial charge on any atom is 0.284 e. The molecule has 0 amide bonds. The third kappa shape index (κ3) is 5.17. The van der Waals surface area contributed by atoms with Crippen LogP contribution in [0.2, 0.25) is 0 Å². The summed E-state index contributed by atoms with van der Waals surface area (Å²) in [4.78, 5) is 0. The number of alkyl halides is 2. The van der Waals surface area contributed by atoms with Crippen LogP contribution in [0.15, 0.2) is 40.8 Å². The molecule has 1 aromatic heterocycles. The molecule has 114 valence electrons. The Labute approximate surface area is 127 Å². The summed E-state index contributed by atoms with van der Waals surface area (Å²) >= 11 is 0.573. The van der Waals surface area contributed by atoms with E-state index in [0.29, 0.717) is 24.1 Å². The van der Waals surface area contributed by atoms with Crippen molar-refractivity contribution >= 4 is 11.8 Å². The van der Waals surface area contributed by atoms with Gasteiger partial charge in [0.25, 0.3) is 5.76 Å². The van der Waals surface area contributed by atoms with Gasteiger partial charge in [0.15, 0.2) is 0 Å². The SMILES string of the molecule is Cc1ccc([C@@H](C)NCc2ccc(CSC(F)F)o2)cc1. The largest absolute Gasteiger partial charge is 0.464 e. The van der Waals surface area contributed by atoms with Gasteiger partial charge in [-0.25, -0.2) is 0 Å². The van der Waals surface area contributed by atoms with Gasteiger partial charge in [-0.05, 0) is 31.5 Å². The van der Waals surface area contributed by atoms with Crippen molar-refractivity contribution in [1.82, 2.24) is 5.32 Å². The molecule has 0 radical (unpaired) electrons. The minimum Gasteiger partial charge on any atom is -0.464 e. The van der Waals surface area contributed by atoms with Crippen LogP contribution in [0.1, 0.15) is 35.6 Å². The van der Waals surface area contributed by atoms with Gasteiger partial charge in [-0.1, -0.05) is 41.6 Å². The van der Waals surface area contributed by atoms with Gasteiger partial charge in [0.05, 0.1) is 12.3 Å². The Balaban J connectivity index is 1.83. The van der Waals surface area contributed by atoms with Crippen molar-refractivity contribution in [3.05, 3.63) is 59.0 Å². The second-order valence-corrected chi connectivity index (χ2v) is 5.93. The number of thioether (sulfide) groups is 1. The Morgan fingerprint density at radius 2 is 1.76 bits per heavy atom. The van der Waals surface area contributed by atoms with E-state index in [2.05, 4.69) is 43.4 Å². The third-order valence-electron chi connectivity index (χ3n) is 3.23. The fourth-order valence-corrected chi connectivity index (χ4v) is 2.41. The van der Waals surface area contributed by atoms with Crippen LogP contribution in [0, 0.1) is 6.92 Å². The molecule has 1 N–H and O–H groups in total. The summed E-state index contributed by atoms with van der Waals surface area (Å²) in [7, 11) is 0. The summed E-state index contributed by atoms with van der Waals surface area (Å²) in [6, 6.07) is 12.1. The Morgan fingerprint density at radius 3 is 2.43 bits per heavy atom. The fourth-order valence-electron chi connectivity index (χ4n) is 1.97. The van der Waals surface area contributed by atoms with Crippen LogP contribution in [0.25, 0.3) is 0 Å². The maximum absolute atomic E-state index is 12.1. The van der Waals surface area contributed by atoms with Crippen molar-refractivity contribution in [2.45, 2.75) is 37.9 Å². The molecule has 1 heterocycles. The molecule has 0 saturated heterocycles. The molecule has 0 spiro atoms. The summed E-state index contributed by atoms with van der Waals surface area (Å²) in [5.41, 5.74) is 2.44. The molecule has 0 fully saturated rings. The lowest BCUT2D eigenvalue weighted by Gasteiger charge is -2.13. The average Bonchev–Trinajstić information content (AvgIpc) is 2.91. The molecule has 0 aliphatic heterocycles. The molecule has 2 nitrogen and oxygen atoms in total. The van der Waals surface area contributed by atoms with E-state index >= 15 is 0 Å². The van der Waals surface area contributed by atoms with Gasteiger partial charge < -0.3 is 9.73 Å². The first-order valence-corrected chi connectivity index (χ1v) is 7.87. The minimum atomic E-state index is -2.36. The molecule has 0 bridgehead atoms. The van der Waals surface area contributed by atoms with Gasteiger partial charge in [-0.15, -0.1) is 0 Å². The molecule has 2 aromatic rings. The maximum atomic E-state index is 12.1. The minimum absolute atomic E-state index is 0.200.